The molecule has 0 spiro atoms. The highest BCUT2D eigenvalue weighted by Crippen LogP contribution is 2.21. The normalized spacial score (nSPS) is 11.6. The van der Waals surface area contributed by atoms with Crippen LogP contribution in [0.4, 0.5) is 5.69 Å². The molecule has 0 radical (unpaired) electrons. The third-order valence-electron chi connectivity index (χ3n) is 4.65. The molecule has 4 nitrogen and oxygen atoms in total. The lowest BCUT2D eigenvalue weighted by Gasteiger charge is -2.12. The molecule has 144 valence electrons. The van der Waals surface area contributed by atoms with Crippen LogP contribution in [0.25, 0.3) is 0 Å². The van der Waals surface area contributed by atoms with E-state index in [1.54, 1.807) is 7.11 Å². The average Bonchev–Trinajstić information content (AvgIpc) is 2.73. The van der Waals surface area contributed by atoms with Crippen LogP contribution in [0.3, 0.4) is 0 Å². The lowest BCUT2D eigenvalue weighted by atomic mass is 10.0. The zero-order valence-corrected chi connectivity index (χ0v) is 16.0. The molecule has 0 aliphatic carbocycles. The van der Waals surface area contributed by atoms with Gasteiger partial charge in [0.25, 0.3) is 0 Å². The molecular weight excluding hydrogens is 350 g/mol. The number of hydrogen-bond acceptors (Lipinski definition) is 3. The Kier molecular flexibility index (Phi) is 6.82. The summed E-state index contributed by atoms with van der Waals surface area (Å²) in [5, 5.41) is 13.3. The van der Waals surface area contributed by atoms with Crippen molar-refractivity contribution in [1.82, 2.24) is 0 Å². The van der Waals surface area contributed by atoms with E-state index in [1.807, 2.05) is 78.9 Å². The Morgan fingerprint density at radius 3 is 2.54 bits per heavy atom. The van der Waals surface area contributed by atoms with Crippen molar-refractivity contribution in [2.24, 2.45) is 0 Å². The van der Waals surface area contributed by atoms with Crippen LogP contribution in [0.2, 0.25) is 0 Å². The predicted octanol–water partition coefficient (Wildman–Crippen LogP) is 4.54. The number of aliphatic hydroxyl groups excluding tert-OH is 1. The first-order valence-corrected chi connectivity index (χ1v) is 9.39. The van der Waals surface area contributed by atoms with Crippen LogP contribution in [0.5, 0.6) is 5.75 Å². The van der Waals surface area contributed by atoms with Crippen LogP contribution in [0.1, 0.15) is 29.2 Å². The fourth-order valence-corrected chi connectivity index (χ4v) is 3.18. The topological polar surface area (TPSA) is 58.6 Å². The van der Waals surface area contributed by atoms with Crippen molar-refractivity contribution in [3.63, 3.8) is 0 Å². The Morgan fingerprint density at radius 2 is 1.75 bits per heavy atom. The van der Waals surface area contributed by atoms with E-state index in [0.717, 1.165) is 28.8 Å². The number of carbonyl (C=O) groups excluding carboxylic acids is 1. The lowest BCUT2D eigenvalue weighted by Crippen LogP contribution is -2.15. The van der Waals surface area contributed by atoms with Crippen molar-refractivity contribution in [3.8, 4) is 5.75 Å². The molecule has 1 amide bonds. The molecule has 1 atom stereocenters. The number of para-hydroxylation sites is 1. The lowest BCUT2D eigenvalue weighted by molar-refractivity contribution is -0.115. The summed E-state index contributed by atoms with van der Waals surface area (Å²) in [7, 11) is 1.60. The highest BCUT2D eigenvalue weighted by Gasteiger charge is 2.10. The molecule has 0 saturated heterocycles. The van der Waals surface area contributed by atoms with Crippen LogP contribution >= 0.6 is 0 Å². The maximum atomic E-state index is 12.4. The summed E-state index contributed by atoms with van der Waals surface area (Å²) in [4.78, 5) is 12.4. The molecule has 0 bridgehead atoms. The maximum Gasteiger partial charge on any atom is 0.228 e. The van der Waals surface area contributed by atoms with E-state index in [2.05, 4.69) is 5.32 Å². The minimum Gasteiger partial charge on any atom is -0.496 e. The molecule has 0 saturated carbocycles. The Hall–Kier alpha value is -3.11. The van der Waals surface area contributed by atoms with Gasteiger partial charge in [-0.3, -0.25) is 4.79 Å². The molecule has 0 aliphatic rings. The number of ether oxygens (including phenoxy) is 1. The number of rotatable bonds is 8. The first kappa shape index (κ1) is 19.6. The summed E-state index contributed by atoms with van der Waals surface area (Å²) < 4.78 is 5.30. The van der Waals surface area contributed by atoms with Crippen LogP contribution < -0.4 is 10.1 Å². The quantitative estimate of drug-likeness (QED) is 0.608. The zero-order chi connectivity index (χ0) is 19.8. The van der Waals surface area contributed by atoms with Gasteiger partial charge in [0.15, 0.2) is 0 Å². The van der Waals surface area contributed by atoms with Gasteiger partial charge in [0, 0.05) is 11.3 Å². The van der Waals surface area contributed by atoms with Crippen molar-refractivity contribution < 1.29 is 14.6 Å². The van der Waals surface area contributed by atoms with Gasteiger partial charge >= 0.3 is 0 Å². The number of hydrogen-bond donors (Lipinski definition) is 2. The van der Waals surface area contributed by atoms with E-state index < -0.39 is 6.10 Å². The summed E-state index contributed by atoms with van der Waals surface area (Å²) in [6, 6.07) is 24.9. The molecule has 28 heavy (non-hydrogen) atoms. The van der Waals surface area contributed by atoms with Crippen LogP contribution in [-0.2, 0) is 17.6 Å². The average molecular weight is 375 g/mol. The van der Waals surface area contributed by atoms with Gasteiger partial charge in [-0.25, -0.2) is 0 Å². The van der Waals surface area contributed by atoms with Crippen molar-refractivity contribution >= 4 is 11.6 Å². The van der Waals surface area contributed by atoms with Crippen molar-refractivity contribution in [1.29, 1.82) is 0 Å². The molecule has 2 N–H and O–H groups in total. The second kappa shape index (κ2) is 9.72. The fraction of sp³-hybridized carbons (Fsp3) is 0.208. The summed E-state index contributed by atoms with van der Waals surface area (Å²) in [5.74, 6) is 0.618. The van der Waals surface area contributed by atoms with E-state index in [-0.39, 0.29) is 12.3 Å². The molecule has 0 fully saturated rings. The summed E-state index contributed by atoms with van der Waals surface area (Å²) in [6.45, 7) is 0. The second-order valence-corrected chi connectivity index (χ2v) is 6.70. The molecule has 3 aromatic rings. The number of aliphatic hydroxyl groups is 1. The minimum atomic E-state index is -0.495. The molecule has 0 heterocycles. The third-order valence-corrected chi connectivity index (χ3v) is 4.65. The Morgan fingerprint density at radius 1 is 1.00 bits per heavy atom. The van der Waals surface area contributed by atoms with E-state index in [0.29, 0.717) is 12.2 Å². The first-order valence-electron chi connectivity index (χ1n) is 9.39. The minimum absolute atomic E-state index is 0.0917. The van der Waals surface area contributed by atoms with E-state index in [4.69, 9.17) is 4.74 Å². The second-order valence-electron chi connectivity index (χ2n) is 6.70. The Bertz CT molecular complexity index is 908. The third kappa shape index (κ3) is 5.44. The molecular formula is C24H25NO3. The predicted molar refractivity (Wildman–Crippen MR) is 111 cm³/mol. The molecule has 0 aliphatic heterocycles. The number of methoxy groups -OCH3 is 1. The number of carbonyl (C=O) groups is 1. The Labute approximate surface area is 165 Å². The maximum absolute atomic E-state index is 12.4. The molecule has 1 unspecified atom stereocenters. The summed E-state index contributed by atoms with van der Waals surface area (Å²) in [6.07, 6.45) is 1.11. The number of nitrogens with one attached hydrogen (secondary N) is 1. The first-order chi connectivity index (χ1) is 13.7. The van der Waals surface area contributed by atoms with Gasteiger partial charge in [-0.1, -0.05) is 60.7 Å². The number of amides is 1. The number of anilines is 1. The van der Waals surface area contributed by atoms with Crippen molar-refractivity contribution in [2.75, 3.05) is 12.4 Å². The van der Waals surface area contributed by atoms with Gasteiger partial charge < -0.3 is 15.2 Å². The van der Waals surface area contributed by atoms with Gasteiger partial charge in [0.1, 0.15) is 5.75 Å². The smallest absolute Gasteiger partial charge is 0.228 e. The largest absolute Gasteiger partial charge is 0.496 e. The zero-order valence-electron chi connectivity index (χ0n) is 16.0. The molecule has 0 aromatic heterocycles. The van der Waals surface area contributed by atoms with E-state index in [9.17, 15) is 9.90 Å². The van der Waals surface area contributed by atoms with Crippen LogP contribution in [0, 0.1) is 0 Å². The molecule has 4 heteroatoms. The van der Waals surface area contributed by atoms with Crippen molar-refractivity contribution in [3.05, 3.63) is 95.6 Å². The van der Waals surface area contributed by atoms with Crippen LogP contribution in [-0.4, -0.2) is 18.1 Å². The summed E-state index contributed by atoms with van der Waals surface area (Å²) in [5.41, 5.74) is 3.60. The molecule has 3 aromatic carbocycles. The Balaban J connectivity index is 1.57. The van der Waals surface area contributed by atoms with Gasteiger partial charge in [0.05, 0.1) is 19.6 Å². The number of benzene rings is 3. The van der Waals surface area contributed by atoms with Crippen molar-refractivity contribution in [2.45, 2.75) is 25.4 Å². The number of aryl methyl sites for hydroxylation is 1. The SMILES string of the molecule is COc1ccccc1CC(=O)Nc1cccc(CCC(O)c2ccccc2)c1. The van der Waals surface area contributed by atoms with Gasteiger partial charge in [0.2, 0.25) is 5.91 Å². The van der Waals surface area contributed by atoms with Gasteiger partial charge in [-0.05, 0) is 42.2 Å². The summed E-state index contributed by atoms with van der Waals surface area (Å²) >= 11 is 0. The standard InChI is InChI=1S/C24H25NO3/c1-28-23-13-6-5-11-20(23)17-24(27)25-21-12-7-8-18(16-21)14-15-22(26)19-9-3-2-4-10-19/h2-13,16,22,26H,14-15,17H2,1H3,(H,25,27). The highest BCUT2D eigenvalue weighted by atomic mass is 16.5. The molecule has 3 rings (SSSR count). The fourth-order valence-electron chi connectivity index (χ4n) is 3.18. The van der Waals surface area contributed by atoms with Crippen LogP contribution in [0.15, 0.2) is 78.9 Å². The monoisotopic (exact) mass is 375 g/mol. The van der Waals surface area contributed by atoms with Gasteiger partial charge in [-0.2, -0.15) is 0 Å². The van der Waals surface area contributed by atoms with E-state index >= 15 is 0 Å². The van der Waals surface area contributed by atoms with Gasteiger partial charge in [-0.15, -0.1) is 0 Å². The van der Waals surface area contributed by atoms with E-state index in [1.165, 1.54) is 0 Å². The highest BCUT2D eigenvalue weighted by molar-refractivity contribution is 5.92.